The minimum absolute atomic E-state index is 0.0667. The summed E-state index contributed by atoms with van der Waals surface area (Å²) < 4.78 is 0. The number of aromatic amines is 2. The highest BCUT2D eigenvalue weighted by Gasteiger charge is 2.30. The molecule has 1 amide bonds. The second-order valence-corrected chi connectivity index (χ2v) is 11.2. The topological polar surface area (TPSA) is 97.1 Å². The fourth-order valence-electron chi connectivity index (χ4n) is 5.58. The molecule has 0 aliphatic carbocycles. The molecule has 1 saturated heterocycles. The number of likely N-dealkylation sites (tertiary alicyclic amines) is 1. The molecule has 192 valence electrons. The summed E-state index contributed by atoms with van der Waals surface area (Å²) in [6.07, 6.45) is 5.02. The van der Waals surface area contributed by atoms with Gasteiger partial charge in [-0.25, -0.2) is 4.98 Å². The highest BCUT2D eigenvalue weighted by molar-refractivity contribution is 7.10. The van der Waals surface area contributed by atoms with Crippen molar-refractivity contribution in [2.75, 3.05) is 31.5 Å². The van der Waals surface area contributed by atoms with Crippen LogP contribution in [0.5, 0.6) is 0 Å². The number of aromatic nitrogens is 3. The summed E-state index contributed by atoms with van der Waals surface area (Å²) in [7, 11) is 0. The number of rotatable bonds is 8. The molecule has 4 aromatic rings. The van der Waals surface area contributed by atoms with E-state index in [1.54, 1.807) is 17.5 Å². The standard InChI is InChI=1S/C28H32N6O2S/c1-17-7-13-37-24(17)6-9-29-21-5-8-30-27(35)25(21)26-31-22-14-19-16-34(12-11-33-10-3-4-18(33)2)28(36)20(19)15-23(22)32-26/h5,7-8,13-15,18H,3-4,6,9-12,16H2,1-2H3,(H,31,32)(H2,29,30,35)/t18-/m0/s1. The molecule has 0 bridgehead atoms. The summed E-state index contributed by atoms with van der Waals surface area (Å²) >= 11 is 1.75. The van der Waals surface area contributed by atoms with Gasteiger partial charge in [-0.2, -0.15) is 0 Å². The number of thiophene rings is 1. The number of carbonyl (C=O) groups excluding carboxylic acids is 1. The second kappa shape index (κ2) is 9.79. The van der Waals surface area contributed by atoms with Crippen molar-refractivity contribution in [2.45, 2.75) is 45.7 Å². The minimum Gasteiger partial charge on any atom is -0.384 e. The number of amides is 1. The Bertz CT molecular complexity index is 1520. The van der Waals surface area contributed by atoms with Crippen LogP contribution in [0.25, 0.3) is 22.4 Å². The first-order valence-corrected chi connectivity index (χ1v) is 13.9. The number of anilines is 1. The first-order chi connectivity index (χ1) is 18.0. The smallest absolute Gasteiger partial charge is 0.261 e. The maximum atomic E-state index is 13.2. The van der Waals surface area contributed by atoms with Gasteiger partial charge >= 0.3 is 0 Å². The van der Waals surface area contributed by atoms with Crippen LogP contribution in [-0.2, 0) is 13.0 Å². The SMILES string of the molecule is Cc1ccsc1CCNc1cc[nH]c(=O)c1-c1nc2cc3c(cc2[nH]1)CN(CCN1CCC[C@@H]1C)C3=O. The van der Waals surface area contributed by atoms with Gasteiger partial charge < -0.3 is 20.2 Å². The maximum Gasteiger partial charge on any atom is 0.261 e. The molecule has 0 spiro atoms. The molecule has 0 radical (unpaired) electrons. The van der Waals surface area contributed by atoms with Crippen molar-refractivity contribution in [2.24, 2.45) is 0 Å². The molecular formula is C28H32N6O2S. The van der Waals surface area contributed by atoms with Crippen molar-refractivity contribution in [3.8, 4) is 11.4 Å². The number of hydrogen-bond acceptors (Lipinski definition) is 6. The van der Waals surface area contributed by atoms with Crippen molar-refractivity contribution < 1.29 is 4.79 Å². The highest BCUT2D eigenvalue weighted by Crippen LogP contribution is 2.30. The van der Waals surface area contributed by atoms with Crippen LogP contribution in [0.4, 0.5) is 5.69 Å². The van der Waals surface area contributed by atoms with Crippen molar-refractivity contribution in [3.63, 3.8) is 0 Å². The third-order valence-corrected chi connectivity index (χ3v) is 8.85. The Balaban J connectivity index is 1.21. The number of aryl methyl sites for hydroxylation is 1. The Morgan fingerprint density at radius 2 is 2.11 bits per heavy atom. The molecule has 0 unspecified atom stereocenters. The number of carbonyl (C=O) groups is 1. The van der Waals surface area contributed by atoms with Crippen LogP contribution in [0.15, 0.2) is 40.6 Å². The highest BCUT2D eigenvalue weighted by atomic mass is 32.1. The van der Waals surface area contributed by atoms with Crippen LogP contribution >= 0.6 is 11.3 Å². The lowest BCUT2D eigenvalue weighted by molar-refractivity contribution is 0.0756. The van der Waals surface area contributed by atoms with Crippen LogP contribution < -0.4 is 10.9 Å². The van der Waals surface area contributed by atoms with Gasteiger partial charge in [-0.05, 0) is 80.4 Å². The quantitative estimate of drug-likeness (QED) is 0.323. The average molecular weight is 517 g/mol. The van der Waals surface area contributed by atoms with Gasteiger partial charge in [0, 0.05) is 48.9 Å². The Morgan fingerprint density at radius 3 is 2.89 bits per heavy atom. The molecule has 1 atom stereocenters. The van der Waals surface area contributed by atoms with E-state index >= 15 is 0 Å². The molecule has 1 fully saturated rings. The van der Waals surface area contributed by atoms with Gasteiger partial charge in [0.05, 0.1) is 16.7 Å². The Kier molecular flexibility index (Phi) is 6.34. The van der Waals surface area contributed by atoms with Crippen LogP contribution in [0, 0.1) is 6.92 Å². The lowest BCUT2D eigenvalue weighted by Crippen LogP contribution is -2.36. The van der Waals surface area contributed by atoms with E-state index in [2.05, 4.69) is 45.5 Å². The van der Waals surface area contributed by atoms with Crippen molar-refractivity contribution >= 4 is 34.0 Å². The van der Waals surface area contributed by atoms with Crippen LogP contribution in [0.1, 0.15) is 46.1 Å². The zero-order valence-electron chi connectivity index (χ0n) is 21.3. The van der Waals surface area contributed by atoms with E-state index in [4.69, 9.17) is 4.98 Å². The Labute approximate surface area is 219 Å². The Hall–Kier alpha value is -3.43. The van der Waals surface area contributed by atoms with E-state index in [0.717, 1.165) is 42.8 Å². The molecule has 3 aromatic heterocycles. The summed E-state index contributed by atoms with van der Waals surface area (Å²) in [4.78, 5) is 42.6. The summed E-state index contributed by atoms with van der Waals surface area (Å²) in [6.45, 7) is 8.49. The number of imidazole rings is 1. The van der Waals surface area contributed by atoms with Gasteiger partial charge in [-0.1, -0.05) is 0 Å². The summed E-state index contributed by atoms with van der Waals surface area (Å²) in [6, 6.07) is 8.48. The first kappa shape index (κ1) is 23.9. The first-order valence-electron chi connectivity index (χ1n) is 13.0. The zero-order chi connectivity index (χ0) is 25.5. The Morgan fingerprint density at radius 1 is 1.22 bits per heavy atom. The summed E-state index contributed by atoms with van der Waals surface area (Å²) in [5.41, 5.74) is 5.56. The van der Waals surface area contributed by atoms with Gasteiger partial charge in [0.15, 0.2) is 0 Å². The predicted octanol–water partition coefficient (Wildman–Crippen LogP) is 4.38. The van der Waals surface area contributed by atoms with Crippen LogP contribution in [-0.4, -0.2) is 62.9 Å². The largest absolute Gasteiger partial charge is 0.384 e. The number of nitrogens with zero attached hydrogens (tertiary/aromatic N) is 3. The number of hydrogen-bond donors (Lipinski definition) is 3. The third-order valence-electron chi connectivity index (χ3n) is 7.77. The molecule has 37 heavy (non-hydrogen) atoms. The molecular weight excluding hydrogens is 484 g/mol. The molecule has 2 aliphatic heterocycles. The number of pyridine rings is 1. The summed E-state index contributed by atoms with van der Waals surface area (Å²) in [5, 5.41) is 5.53. The van der Waals surface area contributed by atoms with Crippen LogP contribution in [0.3, 0.4) is 0 Å². The van der Waals surface area contributed by atoms with Crippen molar-refractivity contribution in [1.29, 1.82) is 0 Å². The molecule has 9 heteroatoms. The normalized spacial score (nSPS) is 17.7. The number of benzene rings is 1. The number of nitrogens with one attached hydrogen (secondary N) is 3. The van der Waals surface area contributed by atoms with E-state index in [1.807, 2.05) is 23.1 Å². The van der Waals surface area contributed by atoms with E-state index in [-0.39, 0.29) is 11.5 Å². The average Bonchev–Trinajstić information content (AvgIpc) is 3.65. The van der Waals surface area contributed by atoms with Crippen molar-refractivity contribution in [3.05, 3.63) is 67.8 Å². The van der Waals surface area contributed by atoms with Gasteiger partial charge in [0.1, 0.15) is 11.4 Å². The molecule has 8 nitrogen and oxygen atoms in total. The third kappa shape index (κ3) is 4.57. The molecule has 5 heterocycles. The van der Waals surface area contributed by atoms with E-state index < -0.39 is 0 Å². The molecule has 2 aliphatic rings. The maximum absolute atomic E-state index is 13.2. The lowest BCUT2D eigenvalue weighted by atomic mass is 10.1. The second-order valence-electron chi connectivity index (χ2n) is 10.2. The van der Waals surface area contributed by atoms with E-state index in [1.165, 1.54) is 23.3 Å². The molecule has 3 N–H and O–H groups in total. The van der Waals surface area contributed by atoms with Crippen molar-refractivity contribution in [1.82, 2.24) is 24.8 Å². The zero-order valence-corrected chi connectivity index (χ0v) is 22.1. The van der Waals surface area contributed by atoms with Gasteiger partial charge in [-0.3, -0.25) is 14.5 Å². The fraction of sp³-hybridized carbons (Fsp3) is 0.393. The molecule has 1 aromatic carbocycles. The van der Waals surface area contributed by atoms with Gasteiger partial charge in [0.25, 0.3) is 11.5 Å². The van der Waals surface area contributed by atoms with Gasteiger partial charge in [-0.15, -0.1) is 11.3 Å². The van der Waals surface area contributed by atoms with E-state index in [0.29, 0.717) is 41.6 Å². The molecule has 0 saturated carbocycles. The molecule has 6 rings (SSSR count). The van der Waals surface area contributed by atoms with Crippen LogP contribution in [0.2, 0.25) is 0 Å². The fourth-order valence-corrected chi connectivity index (χ4v) is 6.49. The lowest BCUT2D eigenvalue weighted by Gasteiger charge is -2.24. The monoisotopic (exact) mass is 516 g/mol. The summed E-state index contributed by atoms with van der Waals surface area (Å²) in [5.74, 6) is 0.569. The number of fused-ring (bicyclic) bond motifs is 2. The number of H-pyrrole nitrogens is 2. The minimum atomic E-state index is -0.206. The predicted molar refractivity (Wildman–Crippen MR) is 148 cm³/mol. The van der Waals surface area contributed by atoms with E-state index in [9.17, 15) is 9.59 Å². The van der Waals surface area contributed by atoms with Gasteiger partial charge in [0.2, 0.25) is 0 Å².